The Kier molecular flexibility index (Phi) is 8.66. The number of rotatable bonds is 8. The lowest BCUT2D eigenvalue weighted by Gasteiger charge is -2.26. The highest BCUT2D eigenvalue weighted by atomic mass is 15.2. The van der Waals surface area contributed by atoms with Gasteiger partial charge in [0.15, 0.2) is 5.65 Å². The van der Waals surface area contributed by atoms with E-state index in [-0.39, 0.29) is 0 Å². The Morgan fingerprint density at radius 1 is 0.517 bits per heavy atom. The van der Waals surface area contributed by atoms with Crippen molar-refractivity contribution >= 4 is 55.6 Å². The normalized spacial score (nSPS) is 13.6. The first-order chi connectivity index (χ1) is 29.7. The highest BCUT2D eigenvalue weighted by Crippen LogP contribution is 2.40. The van der Waals surface area contributed by atoms with Gasteiger partial charge in [-0.3, -0.25) is 4.57 Å². The van der Waals surface area contributed by atoms with Crippen molar-refractivity contribution in [3.05, 3.63) is 224 Å². The molecule has 5 nitrogen and oxygen atoms in total. The Bertz CT molecular complexity index is 3220. The number of hydrogen-bond acceptors (Lipinski definition) is 3. The summed E-state index contributed by atoms with van der Waals surface area (Å²) >= 11 is 0. The van der Waals surface area contributed by atoms with Crippen LogP contribution >= 0.6 is 0 Å². The average molecular weight is 770 g/mol. The Balaban J connectivity index is 1.04. The first-order valence-electron chi connectivity index (χ1n) is 20.4. The van der Waals surface area contributed by atoms with Crippen LogP contribution < -0.4 is 4.90 Å². The van der Waals surface area contributed by atoms with Crippen LogP contribution in [0, 0.1) is 5.92 Å². The summed E-state index contributed by atoms with van der Waals surface area (Å²) in [4.78, 5) is 12.8. The second kappa shape index (κ2) is 14.8. The number of pyridine rings is 1. The number of para-hydroxylation sites is 3. The molecule has 0 spiro atoms. The minimum absolute atomic E-state index is 0.396. The zero-order valence-corrected chi connectivity index (χ0v) is 33.0. The maximum absolute atomic E-state index is 5.47. The molecule has 1 atom stereocenters. The van der Waals surface area contributed by atoms with E-state index in [0.29, 0.717) is 5.92 Å². The number of hydrogen-bond donors (Lipinski definition) is 0. The first kappa shape index (κ1) is 35.2. The summed E-state index contributed by atoms with van der Waals surface area (Å²) in [5, 5.41) is 2.42. The second-order valence-corrected chi connectivity index (χ2v) is 15.3. The van der Waals surface area contributed by atoms with Gasteiger partial charge in [-0.15, -0.1) is 5.73 Å². The fraction of sp³-hybridized carbons (Fsp3) is 0.0364. The standard InChI is InChI=1S/C55H39N5/c1-38-20-22-40(23-21-38)42-26-32-46(33-27-42)58(45-30-24-41(25-31-45)39-12-4-2-5-13-39)47-34-28-43(29-35-47)54-57-53-52(36-37-56-55(53)59(54)44-14-6-3-7-15-44)60-50-18-10-8-16-48(50)49-17-9-11-19-51(49)60/h2-22,24-38H,1H3. The van der Waals surface area contributed by atoms with Crippen molar-refractivity contribution in [2.45, 2.75) is 6.92 Å². The van der Waals surface area contributed by atoms with Crippen LogP contribution in [0.15, 0.2) is 218 Å². The van der Waals surface area contributed by atoms with Gasteiger partial charge in [-0.2, -0.15) is 0 Å². The van der Waals surface area contributed by atoms with Gasteiger partial charge >= 0.3 is 0 Å². The molecular formula is C55H39N5. The molecule has 0 bridgehead atoms. The lowest BCUT2D eigenvalue weighted by Crippen LogP contribution is -2.10. The third-order valence-corrected chi connectivity index (χ3v) is 11.5. The monoisotopic (exact) mass is 769 g/mol. The molecule has 60 heavy (non-hydrogen) atoms. The van der Waals surface area contributed by atoms with E-state index in [4.69, 9.17) is 9.97 Å². The van der Waals surface area contributed by atoms with Crippen LogP contribution in [-0.2, 0) is 0 Å². The van der Waals surface area contributed by atoms with Gasteiger partial charge in [-0.05, 0) is 114 Å². The van der Waals surface area contributed by atoms with E-state index in [0.717, 1.165) is 73.2 Å². The van der Waals surface area contributed by atoms with Crippen LogP contribution in [-0.4, -0.2) is 19.1 Å². The topological polar surface area (TPSA) is 38.9 Å². The van der Waals surface area contributed by atoms with Gasteiger partial charge in [0.05, 0.1) is 16.7 Å². The van der Waals surface area contributed by atoms with Crippen LogP contribution in [0.2, 0.25) is 0 Å². The molecule has 3 aromatic heterocycles. The number of allylic oxidation sites excluding steroid dienone is 3. The van der Waals surface area contributed by atoms with Gasteiger partial charge in [-0.1, -0.05) is 122 Å². The fourth-order valence-electron chi connectivity index (χ4n) is 8.52. The van der Waals surface area contributed by atoms with Crippen molar-refractivity contribution in [3.8, 4) is 33.9 Å². The number of anilines is 3. The third-order valence-electron chi connectivity index (χ3n) is 11.5. The molecule has 0 N–H and O–H groups in total. The molecule has 10 aromatic rings. The van der Waals surface area contributed by atoms with Gasteiger partial charge in [-0.25, -0.2) is 9.97 Å². The SMILES string of the molecule is CC1C=C=C(c2ccc(N(c3ccc(-c4ccccc4)cc3)c3ccc(-c4nc5c(-n6c7ccccc7c7ccccc76)ccnc5n4-c4ccccc4)cc3)cc2)C=C1. The van der Waals surface area contributed by atoms with E-state index < -0.39 is 0 Å². The quantitative estimate of drug-likeness (QED) is 0.145. The van der Waals surface area contributed by atoms with E-state index >= 15 is 0 Å². The van der Waals surface area contributed by atoms with Crippen LogP contribution in [0.5, 0.6) is 0 Å². The minimum Gasteiger partial charge on any atom is -0.311 e. The van der Waals surface area contributed by atoms with Crippen molar-refractivity contribution in [2.24, 2.45) is 5.92 Å². The summed E-state index contributed by atoms with van der Waals surface area (Å²) in [6.07, 6.45) is 8.41. The smallest absolute Gasteiger partial charge is 0.167 e. The molecule has 11 rings (SSSR count). The molecule has 0 aliphatic heterocycles. The fourth-order valence-corrected chi connectivity index (χ4v) is 8.52. The molecule has 1 aliphatic carbocycles. The molecule has 5 heteroatoms. The third kappa shape index (κ3) is 6.13. The van der Waals surface area contributed by atoms with E-state index in [1.54, 1.807) is 0 Å². The van der Waals surface area contributed by atoms with Crippen molar-refractivity contribution in [3.63, 3.8) is 0 Å². The van der Waals surface area contributed by atoms with Crippen molar-refractivity contribution in [1.82, 2.24) is 19.1 Å². The molecule has 0 fully saturated rings. The summed E-state index contributed by atoms with van der Waals surface area (Å²) in [5.74, 6) is 1.22. The number of benzene rings is 7. The molecule has 0 saturated carbocycles. The highest BCUT2D eigenvalue weighted by Gasteiger charge is 2.22. The van der Waals surface area contributed by atoms with E-state index in [1.807, 2.05) is 12.3 Å². The molecule has 0 radical (unpaired) electrons. The number of aromatic nitrogens is 4. The lowest BCUT2D eigenvalue weighted by atomic mass is 9.99. The predicted octanol–water partition coefficient (Wildman–Crippen LogP) is 14.1. The van der Waals surface area contributed by atoms with Crippen LogP contribution in [0.4, 0.5) is 17.1 Å². The van der Waals surface area contributed by atoms with Crippen LogP contribution in [0.1, 0.15) is 12.5 Å². The van der Waals surface area contributed by atoms with Crippen molar-refractivity contribution < 1.29 is 0 Å². The van der Waals surface area contributed by atoms with Crippen LogP contribution in [0.25, 0.3) is 72.4 Å². The molecule has 1 unspecified atom stereocenters. The number of fused-ring (bicyclic) bond motifs is 4. The Morgan fingerprint density at radius 2 is 1.05 bits per heavy atom. The second-order valence-electron chi connectivity index (χ2n) is 15.3. The number of nitrogens with zero attached hydrogens (tertiary/aromatic N) is 5. The maximum Gasteiger partial charge on any atom is 0.167 e. The van der Waals surface area contributed by atoms with E-state index in [1.165, 1.54) is 21.9 Å². The molecular weight excluding hydrogens is 731 g/mol. The molecule has 284 valence electrons. The van der Waals surface area contributed by atoms with Crippen molar-refractivity contribution in [1.29, 1.82) is 0 Å². The van der Waals surface area contributed by atoms with Crippen LogP contribution in [0.3, 0.4) is 0 Å². The number of imidazole rings is 1. The Labute approximate surface area is 348 Å². The molecule has 7 aromatic carbocycles. The van der Waals surface area contributed by atoms with Gasteiger partial charge in [0.25, 0.3) is 0 Å². The van der Waals surface area contributed by atoms with Gasteiger partial charge in [0.1, 0.15) is 11.3 Å². The molecule has 0 saturated heterocycles. The Hall–Kier alpha value is -7.98. The zero-order chi connectivity index (χ0) is 40.0. The minimum atomic E-state index is 0.396. The molecule has 1 aliphatic rings. The van der Waals surface area contributed by atoms with E-state index in [2.05, 4.69) is 227 Å². The first-order valence-corrected chi connectivity index (χ1v) is 20.4. The van der Waals surface area contributed by atoms with Gasteiger partial charge < -0.3 is 9.47 Å². The van der Waals surface area contributed by atoms with Gasteiger partial charge in [0, 0.05) is 50.9 Å². The summed E-state index contributed by atoms with van der Waals surface area (Å²) in [6, 6.07) is 66.5. The predicted molar refractivity (Wildman–Crippen MR) is 249 cm³/mol. The van der Waals surface area contributed by atoms with Crippen molar-refractivity contribution in [2.75, 3.05) is 4.90 Å². The average Bonchev–Trinajstić information content (AvgIpc) is 3.87. The zero-order valence-electron chi connectivity index (χ0n) is 33.0. The molecule has 3 heterocycles. The molecule has 0 amide bonds. The summed E-state index contributed by atoms with van der Waals surface area (Å²) in [6.45, 7) is 2.17. The van der Waals surface area contributed by atoms with Gasteiger partial charge in [0.2, 0.25) is 0 Å². The summed E-state index contributed by atoms with van der Waals surface area (Å²) in [5.41, 5.74) is 18.1. The summed E-state index contributed by atoms with van der Waals surface area (Å²) < 4.78 is 4.51. The Morgan fingerprint density at radius 3 is 1.65 bits per heavy atom. The largest absolute Gasteiger partial charge is 0.311 e. The summed E-state index contributed by atoms with van der Waals surface area (Å²) in [7, 11) is 0. The maximum atomic E-state index is 5.47. The lowest BCUT2D eigenvalue weighted by molar-refractivity contribution is 0.938. The highest BCUT2D eigenvalue weighted by molar-refractivity contribution is 6.10. The van der Waals surface area contributed by atoms with E-state index in [9.17, 15) is 0 Å².